The summed E-state index contributed by atoms with van der Waals surface area (Å²) in [7, 11) is 0.754. The Morgan fingerprint density at radius 3 is 1.55 bits per heavy atom. The third kappa shape index (κ3) is 22.1. The van der Waals surface area contributed by atoms with Crippen LogP contribution in [0.25, 0.3) is 0 Å². The Hall–Kier alpha value is 1.85. The fourth-order valence-electron chi connectivity index (χ4n) is 2.13. The second kappa shape index (κ2) is 17.2. The van der Waals surface area contributed by atoms with Gasteiger partial charge in [0.15, 0.2) is 7.57 Å². The predicted octanol–water partition coefficient (Wildman–Crippen LogP) is 1.34. The fraction of sp³-hybridized carbons (Fsp3) is 1.00. The predicted molar refractivity (Wildman–Crippen MR) is 80.4 cm³/mol. The second-order valence-electron chi connectivity index (χ2n) is 5.26. The molecule has 0 amide bonds. The van der Waals surface area contributed by atoms with Crippen LogP contribution in [-0.4, -0.2) is 14.2 Å². The minimum atomic E-state index is -4.00. The van der Waals surface area contributed by atoms with E-state index in [4.69, 9.17) is 7.57 Å². The molecule has 0 bridgehead atoms. The van der Waals surface area contributed by atoms with Crippen LogP contribution in [0.3, 0.4) is 0 Å². The summed E-state index contributed by atoms with van der Waals surface area (Å²) in [4.78, 5) is 10.5. The molecular formula is C14H29BKO3P. The average Bonchev–Trinajstić information content (AvgIpc) is 2.34. The van der Waals surface area contributed by atoms with Crippen molar-refractivity contribution < 1.29 is 65.4 Å². The van der Waals surface area contributed by atoms with Crippen LogP contribution < -0.4 is 56.3 Å². The molecular weight excluding hydrogens is 297 g/mol. The van der Waals surface area contributed by atoms with E-state index in [0.717, 1.165) is 19.3 Å². The van der Waals surface area contributed by atoms with Crippen molar-refractivity contribution in [1.82, 2.24) is 0 Å². The molecule has 0 N–H and O–H groups in total. The third-order valence-electron chi connectivity index (χ3n) is 3.27. The standard InChI is InChI=1S/C14H30BO3P.K/c1-2-3-4-5-6-7-8-9-10-11-12-13-14-18-19(15,16)17;/h2-14H2,1H3,(H,16,17);/q;+1/p-1. The first-order valence-corrected chi connectivity index (χ1v) is 9.41. The van der Waals surface area contributed by atoms with E-state index >= 15 is 0 Å². The molecule has 0 spiro atoms. The molecule has 0 aliphatic carbocycles. The van der Waals surface area contributed by atoms with Crippen LogP contribution in [0.5, 0.6) is 0 Å². The quantitative estimate of drug-likeness (QED) is 0.275. The summed E-state index contributed by atoms with van der Waals surface area (Å²) in [6.45, 7) is 2.48. The maximum Gasteiger partial charge on any atom is 1.00 e. The van der Waals surface area contributed by atoms with Gasteiger partial charge in [0.25, 0.3) is 0 Å². The van der Waals surface area contributed by atoms with Crippen LogP contribution >= 0.6 is 7.47 Å². The number of unbranched alkanes of at least 4 members (excludes halogenated alkanes) is 11. The topological polar surface area (TPSA) is 49.4 Å². The molecule has 0 heterocycles. The van der Waals surface area contributed by atoms with Crippen molar-refractivity contribution in [2.75, 3.05) is 6.61 Å². The minimum absolute atomic E-state index is 0. The fourth-order valence-corrected chi connectivity index (χ4v) is 2.52. The molecule has 6 heteroatoms. The Kier molecular flexibility index (Phi) is 20.7. The van der Waals surface area contributed by atoms with Gasteiger partial charge in [0.1, 0.15) is 0 Å². The Morgan fingerprint density at radius 2 is 1.20 bits per heavy atom. The molecule has 0 saturated heterocycles. The molecule has 20 heavy (non-hydrogen) atoms. The summed E-state index contributed by atoms with van der Waals surface area (Å²) in [5.74, 6) is 0. The van der Waals surface area contributed by atoms with Crippen LogP contribution in [0.4, 0.5) is 0 Å². The van der Waals surface area contributed by atoms with Crippen molar-refractivity contribution in [3.8, 4) is 0 Å². The maximum absolute atomic E-state index is 10.5. The average molecular weight is 326 g/mol. The minimum Gasteiger partial charge on any atom is -0.787 e. The molecule has 3 nitrogen and oxygen atoms in total. The Balaban J connectivity index is 0. The van der Waals surface area contributed by atoms with E-state index in [0.29, 0.717) is 0 Å². The largest absolute Gasteiger partial charge is 1.00 e. The van der Waals surface area contributed by atoms with Crippen LogP contribution in [-0.2, 0) is 9.09 Å². The Bertz CT molecular complexity index is 236. The van der Waals surface area contributed by atoms with Crippen molar-refractivity contribution in [2.24, 2.45) is 0 Å². The molecule has 2 radical (unpaired) electrons. The normalized spacial score (nSPS) is 13.7. The van der Waals surface area contributed by atoms with Crippen molar-refractivity contribution in [3.63, 3.8) is 0 Å². The van der Waals surface area contributed by atoms with Gasteiger partial charge in [0.05, 0.1) is 14.1 Å². The van der Waals surface area contributed by atoms with Crippen LogP contribution in [0.1, 0.15) is 84.0 Å². The molecule has 0 aliphatic rings. The second-order valence-corrected chi connectivity index (χ2v) is 6.60. The van der Waals surface area contributed by atoms with Gasteiger partial charge in [-0.3, -0.25) is 0 Å². The van der Waals surface area contributed by atoms with Crippen LogP contribution in [0.15, 0.2) is 0 Å². The van der Waals surface area contributed by atoms with Gasteiger partial charge in [0.2, 0.25) is 0 Å². The smallest absolute Gasteiger partial charge is 0.787 e. The molecule has 0 saturated carbocycles. The monoisotopic (exact) mass is 326 g/mol. The first-order valence-electron chi connectivity index (χ1n) is 7.80. The Labute approximate surface area is 169 Å². The van der Waals surface area contributed by atoms with E-state index in [2.05, 4.69) is 11.4 Å². The van der Waals surface area contributed by atoms with Gasteiger partial charge < -0.3 is 14.0 Å². The van der Waals surface area contributed by atoms with Crippen molar-refractivity contribution in [2.45, 2.75) is 84.0 Å². The molecule has 1 atom stereocenters. The molecule has 0 aliphatic heterocycles. The van der Waals surface area contributed by atoms with Crippen molar-refractivity contribution >= 4 is 15.0 Å². The third-order valence-corrected chi connectivity index (χ3v) is 3.81. The molecule has 0 aromatic rings. The van der Waals surface area contributed by atoms with E-state index in [1.165, 1.54) is 57.8 Å². The van der Waals surface area contributed by atoms with Crippen LogP contribution in [0, 0.1) is 0 Å². The van der Waals surface area contributed by atoms with E-state index in [-0.39, 0.29) is 58.0 Å². The zero-order valence-corrected chi connectivity index (χ0v) is 17.5. The summed E-state index contributed by atoms with van der Waals surface area (Å²) in [5, 5.41) is 0. The van der Waals surface area contributed by atoms with Crippen LogP contribution in [0.2, 0.25) is 0 Å². The zero-order chi connectivity index (χ0) is 14.4. The van der Waals surface area contributed by atoms with Gasteiger partial charge in [-0.05, 0) is 6.42 Å². The zero-order valence-electron chi connectivity index (χ0n) is 13.4. The summed E-state index contributed by atoms with van der Waals surface area (Å²) >= 11 is 0. The van der Waals surface area contributed by atoms with Gasteiger partial charge in [-0.25, -0.2) is 0 Å². The molecule has 0 rings (SSSR count). The summed E-state index contributed by atoms with van der Waals surface area (Å²) in [6, 6.07) is 0. The van der Waals surface area contributed by atoms with E-state index in [1.807, 2.05) is 0 Å². The van der Waals surface area contributed by atoms with E-state index < -0.39 is 7.47 Å². The number of hydrogen-bond acceptors (Lipinski definition) is 3. The van der Waals surface area contributed by atoms with Crippen molar-refractivity contribution in [3.05, 3.63) is 0 Å². The summed E-state index contributed by atoms with van der Waals surface area (Å²) in [5.41, 5.74) is 0. The molecule has 112 valence electrons. The van der Waals surface area contributed by atoms with Gasteiger partial charge in [-0.15, -0.1) is 0 Å². The van der Waals surface area contributed by atoms with E-state index in [1.54, 1.807) is 0 Å². The first-order chi connectivity index (χ1) is 9.06. The summed E-state index contributed by atoms with van der Waals surface area (Å²) < 4.78 is 15.0. The molecule has 0 aromatic carbocycles. The van der Waals surface area contributed by atoms with Gasteiger partial charge in [-0.1, -0.05) is 77.6 Å². The molecule has 0 fully saturated rings. The van der Waals surface area contributed by atoms with Gasteiger partial charge in [-0.2, -0.15) is 0 Å². The molecule has 1 unspecified atom stereocenters. The SMILES string of the molecule is [B]P(=O)([O-])OCCCCCCCCCCCCCC.[K+]. The van der Waals surface area contributed by atoms with E-state index in [9.17, 15) is 9.46 Å². The van der Waals surface area contributed by atoms with Gasteiger partial charge >= 0.3 is 51.4 Å². The van der Waals surface area contributed by atoms with Gasteiger partial charge in [0, 0.05) is 0 Å². The maximum atomic E-state index is 10.5. The molecule has 0 aromatic heterocycles. The van der Waals surface area contributed by atoms with Crippen molar-refractivity contribution in [1.29, 1.82) is 0 Å². The number of hydrogen-bond donors (Lipinski definition) is 0. The Morgan fingerprint density at radius 1 is 0.850 bits per heavy atom. The number of rotatable bonds is 14. The summed E-state index contributed by atoms with van der Waals surface area (Å²) in [6.07, 6.45) is 15.0. The first kappa shape index (κ1) is 24.1.